The molecule has 0 spiro atoms. The Labute approximate surface area is 372 Å². The Balaban J connectivity index is 1.02. The van der Waals surface area contributed by atoms with Gasteiger partial charge in [-0.1, -0.05) is 176 Å². The molecular formula is C61H41N3. The second-order valence-electron chi connectivity index (χ2n) is 16.9. The largest absolute Gasteiger partial charge is 0.315 e. The number of aromatic nitrogens is 2. The van der Waals surface area contributed by atoms with Crippen LogP contribution < -0.4 is 4.90 Å². The number of fused-ring (bicyclic) bond motifs is 9. The monoisotopic (exact) mass is 815 g/mol. The van der Waals surface area contributed by atoms with Gasteiger partial charge in [0.2, 0.25) is 0 Å². The summed E-state index contributed by atoms with van der Waals surface area (Å²) < 4.78 is 4.79. The molecule has 0 fully saturated rings. The number of anilines is 3. The Morgan fingerprint density at radius 1 is 0.359 bits per heavy atom. The molecule has 13 rings (SSSR count). The van der Waals surface area contributed by atoms with Crippen molar-refractivity contribution in [3.8, 4) is 22.5 Å². The van der Waals surface area contributed by atoms with Gasteiger partial charge >= 0.3 is 0 Å². The van der Waals surface area contributed by atoms with Crippen molar-refractivity contribution >= 4 is 60.5 Å². The van der Waals surface area contributed by atoms with Gasteiger partial charge in [0.25, 0.3) is 0 Å². The normalized spacial score (nSPS) is 12.8. The van der Waals surface area contributed by atoms with E-state index in [9.17, 15) is 0 Å². The summed E-state index contributed by atoms with van der Waals surface area (Å²) in [6, 6.07) is 89.1. The molecule has 1 aliphatic rings. The fraction of sp³-hybridized carbons (Fsp3) is 0.0164. The van der Waals surface area contributed by atoms with Crippen LogP contribution in [0.4, 0.5) is 17.1 Å². The molecule has 300 valence electrons. The van der Waals surface area contributed by atoms with Gasteiger partial charge in [-0.05, 0) is 105 Å². The van der Waals surface area contributed by atoms with Crippen molar-refractivity contribution in [3.05, 3.63) is 271 Å². The quantitative estimate of drug-likeness (QED) is 0.156. The Morgan fingerprint density at radius 2 is 0.984 bits per heavy atom. The lowest BCUT2D eigenvalue weighted by atomic mass is 9.67. The van der Waals surface area contributed by atoms with Crippen LogP contribution in [0.25, 0.3) is 66.0 Å². The molecule has 0 bridgehead atoms. The van der Waals surface area contributed by atoms with Crippen LogP contribution in [0.3, 0.4) is 0 Å². The lowest BCUT2D eigenvalue weighted by Crippen LogP contribution is -2.28. The van der Waals surface area contributed by atoms with Crippen LogP contribution >= 0.6 is 0 Å². The molecule has 0 unspecified atom stereocenters. The predicted molar refractivity (Wildman–Crippen MR) is 267 cm³/mol. The van der Waals surface area contributed by atoms with E-state index in [1.807, 2.05) is 0 Å². The van der Waals surface area contributed by atoms with Gasteiger partial charge in [-0.3, -0.25) is 0 Å². The minimum atomic E-state index is -0.512. The van der Waals surface area contributed by atoms with E-state index in [0.717, 1.165) is 28.4 Å². The third-order valence-corrected chi connectivity index (χ3v) is 13.6. The highest BCUT2D eigenvalue weighted by atomic mass is 15.1. The van der Waals surface area contributed by atoms with E-state index >= 15 is 0 Å². The molecule has 10 aromatic carbocycles. The van der Waals surface area contributed by atoms with Gasteiger partial charge in [-0.15, -0.1) is 0 Å². The van der Waals surface area contributed by atoms with Crippen molar-refractivity contribution in [1.82, 2.24) is 9.13 Å². The summed E-state index contributed by atoms with van der Waals surface area (Å²) in [5.74, 6) is 0. The van der Waals surface area contributed by atoms with Crippen LogP contribution in [0, 0.1) is 0 Å². The topological polar surface area (TPSA) is 13.1 Å². The molecule has 1 aliphatic carbocycles. The average molecular weight is 816 g/mol. The highest BCUT2D eigenvalue weighted by Crippen LogP contribution is 2.57. The van der Waals surface area contributed by atoms with Crippen molar-refractivity contribution in [2.45, 2.75) is 5.41 Å². The zero-order valence-corrected chi connectivity index (χ0v) is 35.0. The SMILES string of the molecule is c1ccc(-n2c3ccccc3c3ccc4ccn(-c5ccc(N(c6ccc7c(c6)C(c6ccccc6)(c6ccccc6)c6ccccc6-7)c6cccc7ccccc67)cc5)c4c32)cc1. The molecule has 2 heterocycles. The average Bonchev–Trinajstić information content (AvgIpc) is 4.04. The molecule has 3 heteroatoms. The fourth-order valence-electron chi connectivity index (χ4n) is 10.9. The second kappa shape index (κ2) is 14.3. The second-order valence-corrected chi connectivity index (χ2v) is 16.9. The van der Waals surface area contributed by atoms with E-state index in [0.29, 0.717) is 0 Å². The first-order chi connectivity index (χ1) is 31.8. The Bertz CT molecular complexity index is 3670. The van der Waals surface area contributed by atoms with E-state index in [-0.39, 0.29) is 0 Å². The minimum absolute atomic E-state index is 0.512. The van der Waals surface area contributed by atoms with Gasteiger partial charge < -0.3 is 14.0 Å². The first-order valence-corrected chi connectivity index (χ1v) is 22.1. The maximum absolute atomic E-state index is 2.46. The van der Waals surface area contributed by atoms with E-state index in [2.05, 4.69) is 263 Å². The summed E-state index contributed by atoms with van der Waals surface area (Å²) in [5, 5.41) is 6.09. The summed E-state index contributed by atoms with van der Waals surface area (Å²) in [6.45, 7) is 0. The first kappa shape index (κ1) is 36.3. The van der Waals surface area contributed by atoms with Crippen molar-refractivity contribution in [2.24, 2.45) is 0 Å². The van der Waals surface area contributed by atoms with E-state index in [1.165, 1.54) is 76.9 Å². The Morgan fingerprint density at radius 3 is 1.77 bits per heavy atom. The Hall–Kier alpha value is -8.40. The lowest BCUT2D eigenvalue weighted by molar-refractivity contribution is 0.768. The van der Waals surface area contributed by atoms with Crippen molar-refractivity contribution in [1.29, 1.82) is 0 Å². The van der Waals surface area contributed by atoms with Crippen LogP contribution in [0.15, 0.2) is 249 Å². The van der Waals surface area contributed by atoms with Crippen LogP contribution in [-0.2, 0) is 5.41 Å². The van der Waals surface area contributed by atoms with Crippen molar-refractivity contribution in [2.75, 3.05) is 4.90 Å². The highest BCUT2D eigenvalue weighted by molar-refractivity contribution is 6.18. The number of nitrogens with zero attached hydrogens (tertiary/aromatic N) is 3. The summed E-state index contributed by atoms with van der Waals surface area (Å²) in [7, 11) is 0. The molecule has 0 N–H and O–H groups in total. The Kier molecular flexibility index (Phi) is 8.13. The van der Waals surface area contributed by atoms with Gasteiger partial charge in [0.15, 0.2) is 0 Å². The van der Waals surface area contributed by atoms with Gasteiger partial charge in [-0.2, -0.15) is 0 Å². The number of hydrogen-bond acceptors (Lipinski definition) is 1. The first-order valence-electron chi connectivity index (χ1n) is 22.1. The van der Waals surface area contributed by atoms with Crippen LogP contribution in [-0.4, -0.2) is 9.13 Å². The van der Waals surface area contributed by atoms with E-state index in [1.54, 1.807) is 0 Å². The van der Waals surface area contributed by atoms with Gasteiger partial charge in [0.05, 0.1) is 27.7 Å². The van der Waals surface area contributed by atoms with E-state index < -0.39 is 5.41 Å². The number of hydrogen-bond donors (Lipinski definition) is 0. The molecule has 3 nitrogen and oxygen atoms in total. The molecule has 64 heavy (non-hydrogen) atoms. The molecule has 0 saturated carbocycles. The van der Waals surface area contributed by atoms with Gasteiger partial charge in [0.1, 0.15) is 0 Å². The summed E-state index contributed by atoms with van der Waals surface area (Å²) in [6.07, 6.45) is 2.22. The van der Waals surface area contributed by atoms with E-state index in [4.69, 9.17) is 0 Å². The minimum Gasteiger partial charge on any atom is -0.315 e. The molecule has 0 atom stereocenters. The summed E-state index contributed by atoms with van der Waals surface area (Å²) in [5.41, 5.74) is 16.3. The van der Waals surface area contributed by atoms with Gasteiger partial charge in [-0.25, -0.2) is 0 Å². The maximum atomic E-state index is 2.46. The number of para-hydroxylation sites is 2. The van der Waals surface area contributed by atoms with Crippen LogP contribution in [0.2, 0.25) is 0 Å². The zero-order valence-electron chi connectivity index (χ0n) is 35.0. The standard InChI is InChI=1S/C61H41N3/c1-4-19-44(20-5-1)61(45-21-6-2-7-22-45)55-28-14-12-26-51(55)52-38-36-49(41-56(52)61)63(57-30-16-18-42-17-10-11-25-50(42)57)48-34-32-46(33-35-48)62-40-39-43-31-37-54-53-27-13-15-29-58(53)64(60(54)59(43)62)47-23-8-3-9-24-47/h1-41H. The molecule has 12 aromatic rings. The van der Waals surface area contributed by atoms with Gasteiger partial charge in [0, 0.05) is 50.5 Å². The smallest absolute Gasteiger partial charge is 0.0788 e. The summed E-state index contributed by atoms with van der Waals surface area (Å²) >= 11 is 0. The maximum Gasteiger partial charge on any atom is 0.0788 e. The molecule has 0 saturated heterocycles. The molecule has 0 aliphatic heterocycles. The third kappa shape index (κ3) is 5.28. The molecule has 0 amide bonds. The third-order valence-electron chi connectivity index (χ3n) is 13.6. The predicted octanol–water partition coefficient (Wildman–Crippen LogP) is 15.7. The molecular weight excluding hydrogens is 775 g/mol. The zero-order chi connectivity index (χ0) is 42.2. The van der Waals surface area contributed by atoms with Crippen molar-refractivity contribution in [3.63, 3.8) is 0 Å². The lowest BCUT2D eigenvalue weighted by Gasteiger charge is -2.35. The number of benzene rings is 10. The summed E-state index contributed by atoms with van der Waals surface area (Å²) in [4.78, 5) is 2.45. The van der Waals surface area contributed by atoms with Crippen LogP contribution in [0.5, 0.6) is 0 Å². The fourth-order valence-corrected chi connectivity index (χ4v) is 10.9. The molecule has 2 aromatic heterocycles. The number of rotatable bonds is 7. The molecule has 0 radical (unpaired) electrons. The van der Waals surface area contributed by atoms with Crippen LogP contribution in [0.1, 0.15) is 22.3 Å². The highest BCUT2D eigenvalue weighted by Gasteiger charge is 2.46. The van der Waals surface area contributed by atoms with Crippen molar-refractivity contribution < 1.29 is 0 Å².